The van der Waals surface area contributed by atoms with Gasteiger partial charge in [0.15, 0.2) is 0 Å². The van der Waals surface area contributed by atoms with Crippen LogP contribution in [0, 0.1) is 0 Å². The molecule has 8 nitrogen and oxygen atoms in total. The second kappa shape index (κ2) is 19.1. The van der Waals surface area contributed by atoms with Gasteiger partial charge < -0.3 is 19.8 Å². The number of rotatable bonds is 10. The van der Waals surface area contributed by atoms with Gasteiger partial charge in [-0.05, 0) is 0 Å². The van der Waals surface area contributed by atoms with Crippen LogP contribution in [0.3, 0.4) is 0 Å². The Balaban J connectivity index is -0.000000291. The Morgan fingerprint density at radius 2 is 1.04 bits per heavy atom. The average molecular weight is 399 g/mol. The van der Waals surface area contributed by atoms with Crippen LogP contribution >= 0.6 is 0 Å². The SMILES string of the molecule is CC(C)[O][V+2][O]C(C)C.CCC(=O)CC(=O)[O-].CCC(=O)CC(=O)[O-]. The molecule has 0 N–H and O–H groups in total. The molecular formula is C16H28O8V. The van der Waals surface area contributed by atoms with E-state index in [9.17, 15) is 29.4 Å². The molecule has 0 atom stereocenters. The summed E-state index contributed by atoms with van der Waals surface area (Å²) < 4.78 is 10.4. The number of hydrogen-bond acceptors (Lipinski definition) is 8. The molecule has 0 spiro atoms. The Labute approximate surface area is 157 Å². The summed E-state index contributed by atoms with van der Waals surface area (Å²) in [6.45, 7) is 11.3. The molecule has 0 aromatic heterocycles. The smallest absolute Gasteiger partial charge is 0.138 e. The van der Waals surface area contributed by atoms with Crippen molar-refractivity contribution in [2.45, 2.75) is 79.4 Å². The summed E-state index contributed by atoms with van der Waals surface area (Å²) in [5.74, 6) is -3.16. The van der Waals surface area contributed by atoms with E-state index >= 15 is 0 Å². The summed E-state index contributed by atoms with van der Waals surface area (Å²) in [7, 11) is 0. The van der Waals surface area contributed by atoms with Gasteiger partial charge in [-0.2, -0.15) is 0 Å². The van der Waals surface area contributed by atoms with Gasteiger partial charge in [0, 0.05) is 37.6 Å². The van der Waals surface area contributed by atoms with E-state index in [0.717, 1.165) is 0 Å². The molecule has 145 valence electrons. The fourth-order valence-corrected chi connectivity index (χ4v) is 1.38. The molecule has 0 aliphatic rings. The second-order valence-electron chi connectivity index (χ2n) is 5.26. The van der Waals surface area contributed by atoms with Gasteiger partial charge in [-0.1, -0.05) is 13.8 Å². The first kappa shape index (κ1) is 28.6. The standard InChI is InChI=1S/2C5H8O3.2C3H7O.V/c2*1-2-4(6)3-5(7)8;2*1-3(2)4;/h2*2-3H2,1H3,(H,7,8);2*3H,1-2H3;/q;;2*-1;+4/p-2. The van der Waals surface area contributed by atoms with Crippen molar-refractivity contribution in [1.29, 1.82) is 0 Å². The van der Waals surface area contributed by atoms with Gasteiger partial charge in [-0.3, -0.25) is 9.59 Å². The van der Waals surface area contributed by atoms with Gasteiger partial charge in [-0.15, -0.1) is 0 Å². The molecule has 0 unspecified atom stereocenters. The van der Waals surface area contributed by atoms with E-state index in [1.807, 2.05) is 27.7 Å². The van der Waals surface area contributed by atoms with Crippen molar-refractivity contribution in [2.24, 2.45) is 0 Å². The zero-order valence-corrected chi connectivity index (χ0v) is 17.1. The van der Waals surface area contributed by atoms with Gasteiger partial charge in [0.25, 0.3) is 0 Å². The molecule has 0 aliphatic heterocycles. The Morgan fingerprint density at radius 3 is 1.16 bits per heavy atom. The zero-order chi connectivity index (χ0) is 20.4. The van der Waals surface area contributed by atoms with E-state index in [1.54, 1.807) is 13.8 Å². The van der Waals surface area contributed by atoms with E-state index in [1.165, 1.54) is 0 Å². The van der Waals surface area contributed by atoms with E-state index in [2.05, 4.69) is 0 Å². The van der Waals surface area contributed by atoms with Gasteiger partial charge in [0.1, 0.15) is 11.6 Å². The molecule has 0 fully saturated rings. The van der Waals surface area contributed by atoms with Crippen LogP contribution in [0.5, 0.6) is 0 Å². The maximum absolute atomic E-state index is 10.2. The fraction of sp³-hybridized carbons (Fsp3) is 0.750. The molecule has 0 saturated carbocycles. The van der Waals surface area contributed by atoms with Gasteiger partial charge in [-0.25, -0.2) is 0 Å². The van der Waals surface area contributed by atoms with Gasteiger partial charge in [0.2, 0.25) is 0 Å². The molecule has 0 amide bonds. The number of Topliss-reactive ketones (excluding diaryl/α,β-unsaturated/α-hetero) is 2. The molecule has 0 radical (unpaired) electrons. The molecular weight excluding hydrogens is 371 g/mol. The van der Waals surface area contributed by atoms with Crippen molar-refractivity contribution in [1.82, 2.24) is 0 Å². The summed E-state index contributed by atoms with van der Waals surface area (Å²) in [4.78, 5) is 39.7. The van der Waals surface area contributed by atoms with E-state index < -0.39 is 24.8 Å². The Kier molecular flexibility index (Phi) is 21.9. The number of carboxylic acids is 2. The normalized spacial score (nSPS) is 9.28. The van der Waals surface area contributed by atoms with Gasteiger partial charge >= 0.3 is 64.2 Å². The van der Waals surface area contributed by atoms with Crippen molar-refractivity contribution in [3.05, 3.63) is 0 Å². The zero-order valence-electron chi connectivity index (χ0n) is 15.7. The average Bonchev–Trinajstić information content (AvgIpc) is 2.46. The first-order valence-corrected chi connectivity index (χ1v) is 9.05. The molecule has 9 heteroatoms. The molecule has 0 aromatic carbocycles. The van der Waals surface area contributed by atoms with E-state index in [-0.39, 0.29) is 41.4 Å². The second-order valence-corrected chi connectivity index (χ2v) is 6.16. The minimum atomic E-state index is -1.29. The predicted octanol–water partition coefficient (Wildman–Crippen LogP) is -0.0401. The number of hydrogen-bond donors (Lipinski definition) is 0. The Hall–Kier alpha value is -1.22. The maximum Gasteiger partial charge on any atom is 0.138 e. The summed E-state index contributed by atoms with van der Waals surface area (Å²) in [5.41, 5.74) is 0. The number of carbonyl (C=O) groups is 4. The minimum Gasteiger partial charge on any atom is -0.550 e. The Bertz CT molecular complexity index is 358. The van der Waals surface area contributed by atoms with Crippen LogP contribution in [0.25, 0.3) is 0 Å². The minimum absolute atomic E-state index is 0.272. The number of ketones is 2. The van der Waals surface area contributed by atoms with Crippen LogP contribution in [-0.4, -0.2) is 35.7 Å². The van der Waals surface area contributed by atoms with Crippen LogP contribution < -0.4 is 10.2 Å². The largest absolute Gasteiger partial charge is 0.550 e. The van der Waals surface area contributed by atoms with Gasteiger partial charge in [0.05, 0.1) is 0 Å². The van der Waals surface area contributed by atoms with Crippen molar-refractivity contribution in [2.75, 3.05) is 0 Å². The molecule has 0 heterocycles. The third-order valence-electron chi connectivity index (χ3n) is 1.98. The summed E-state index contributed by atoms with van der Waals surface area (Å²) in [5, 5.41) is 19.3. The number of carboxylic acid groups (broad SMARTS) is 2. The number of carbonyl (C=O) groups excluding carboxylic acids is 4. The van der Waals surface area contributed by atoms with Crippen molar-refractivity contribution in [3.8, 4) is 0 Å². The van der Waals surface area contributed by atoms with Crippen molar-refractivity contribution >= 4 is 23.5 Å². The maximum atomic E-state index is 10.2. The fourth-order valence-electron chi connectivity index (χ4n) is 0.769. The van der Waals surface area contributed by atoms with E-state index in [4.69, 9.17) is 7.32 Å². The third kappa shape index (κ3) is 34.9. The molecule has 0 saturated heterocycles. The van der Waals surface area contributed by atoms with Crippen molar-refractivity contribution < 1.29 is 53.7 Å². The Morgan fingerprint density at radius 1 is 0.760 bits per heavy atom. The number of aliphatic carboxylic acids is 2. The predicted molar refractivity (Wildman–Crippen MR) is 82.3 cm³/mol. The molecule has 0 aliphatic carbocycles. The van der Waals surface area contributed by atoms with Crippen LogP contribution in [0.15, 0.2) is 0 Å². The van der Waals surface area contributed by atoms with E-state index in [0.29, 0.717) is 12.2 Å². The summed E-state index contributed by atoms with van der Waals surface area (Å²) in [6, 6.07) is 0. The monoisotopic (exact) mass is 399 g/mol. The quantitative estimate of drug-likeness (QED) is 0.467. The van der Waals surface area contributed by atoms with Crippen LogP contribution in [-0.2, 0) is 43.5 Å². The van der Waals surface area contributed by atoms with Crippen LogP contribution in [0.2, 0.25) is 0 Å². The molecule has 25 heavy (non-hydrogen) atoms. The summed E-state index contributed by atoms with van der Waals surface area (Å²) in [6.07, 6.45) is 0.266. The topological polar surface area (TPSA) is 133 Å². The molecule has 0 rings (SSSR count). The molecule has 0 bridgehead atoms. The summed E-state index contributed by atoms with van der Waals surface area (Å²) >= 11 is -0.328. The molecule has 0 aromatic rings. The van der Waals surface area contributed by atoms with Crippen LogP contribution in [0.1, 0.15) is 67.2 Å². The first-order chi connectivity index (χ1) is 11.5. The first-order valence-electron chi connectivity index (χ1n) is 7.91. The third-order valence-corrected chi connectivity index (χ3v) is 3.57. The van der Waals surface area contributed by atoms with Crippen LogP contribution in [0.4, 0.5) is 0 Å². The van der Waals surface area contributed by atoms with Crippen molar-refractivity contribution in [3.63, 3.8) is 0 Å².